The van der Waals surface area contributed by atoms with Gasteiger partial charge in [0.1, 0.15) is 5.76 Å². The Bertz CT molecular complexity index is 658. The molecule has 0 atom stereocenters. The lowest BCUT2D eigenvalue weighted by Crippen LogP contribution is -2.11. The zero-order chi connectivity index (χ0) is 12.5. The molecular formula is C11H9NO4S. The third kappa shape index (κ3) is 2.43. The van der Waals surface area contributed by atoms with E-state index < -0.39 is 10.0 Å². The maximum Gasteiger partial charge on any atom is 0.238 e. The first-order valence-electron chi connectivity index (χ1n) is 4.69. The summed E-state index contributed by atoms with van der Waals surface area (Å²) in [7, 11) is -3.74. The molecular weight excluding hydrogens is 242 g/mol. The fourth-order valence-corrected chi connectivity index (χ4v) is 1.96. The first-order valence-corrected chi connectivity index (χ1v) is 6.23. The van der Waals surface area contributed by atoms with Crippen molar-refractivity contribution in [3.05, 3.63) is 42.2 Å². The van der Waals surface area contributed by atoms with Crippen LogP contribution < -0.4 is 5.14 Å². The monoisotopic (exact) mass is 251 g/mol. The van der Waals surface area contributed by atoms with Crippen LogP contribution in [0, 0.1) is 0 Å². The lowest BCUT2D eigenvalue weighted by Gasteiger charge is -2.00. The van der Waals surface area contributed by atoms with Gasteiger partial charge in [-0.2, -0.15) is 0 Å². The van der Waals surface area contributed by atoms with Crippen LogP contribution in [0.3, 0.4) is 0 Å². The van der Waals surface area contributed by atoms with Crippen LogP contribution >= 0.6 is 0 Å². The van der Waals surface area contributed by atoms with Crippen molar-refractivity contribution in [1.29, 1.82) is 0 Å². The number of primary sulfonamides is 1. The lowest BCUT2D eigenvalue weighted by atomic mass is 10.2. The molecule has 0 amide bonds. The second kappa shape index (κ2) is 4.15. The molecule has 0 fully saturated rings. The molecule has 0 saturated heterocycles. The molecule has 0 unspecified atom stereocenters. The maximum absolute atomic E-state index is 11.2. The van der Waals surface area contributed by atoms with Gasteiger partial charge < -0.3 is 4.42 Å². The summed E-state index contributed by atoms with van der Waals surface area (Å²) in [6.45, 7) is 0. The number of hydrogen-bond acceptors (Lipinski definition) is 4. The van der Waals surface area contributed by atoms with Gasteiger partial charge in [0.15, 0.2) is 12.0 Å². The lowest BCUT2D eigenvalue weighted by molar-refractivity contribution is 0.110. The molecule has 0 aliphatic carbocycles. The van der Waals surface area contributed by atoms with Crippen LogP contribution in [0.25, 0.3) is 11.3 Å². The number of nitrogens with two attached hydrogens (primary N) is 1. The molecule has 5 nitrogen and oxygen atoms in total. The van der Waals surface area contributed by atoms with Crippen molar-refractivity contribution in [2.24, 2.45) is 5.14 Å². The van der Waals surface area contributed by atoms with Crippen molar-refractivity contribution >= 4 is 16.3 Å². The van der Waals surface area contributed by atoms with E-state index in [4.69, 9.17) is 9.56 Å². The van der Waals surface area contributed by atoms with Gasteiger partial charge in [-0.25, -0.2) is 13.6 Å². The largest absolute Gasteiger partial charge is 0.453 e. The fraction of sp³-hybridized carbons (Fsp3) is 0. The Labute approximate surface area is 97.9 Å². The second-order valence-corrected chi connectivity index (χ2v) is 4.95. The van der Waals surface area contributed by atoms with E-state index in [1.54, 1.807) is 18.2 Å². The number of furan rings is 1. The van der Waals surface area contributed by atoms with Crippen molar-refractivity contribution in [2.45, 2.75) is 4.90 Å². The number of carbonyl (C=O) groups excluding carboxylic acids is 1. The number of hydrogen-bond donors (Lipinski definition) is 1. The average molecular weight is 251 g/mol. The van der Waals surface area contributed by atoms with Crippen LogP contribution in [0.4, 0.5) is 0 Å². The molecule has 17 heavy (non-hydrogen) atoms. The molecule has 0 aliphatic rings. The van der Waals surface area contributed by atoms with E-state index in [2.05, 4.69) is 0 Å². The van der Waals surface area contributed by atoms with E-state index >= 15 is 0 Å². The van der Waals surface area contributed by atoms with Crippen LogP contribution in [-0.4, -0.2) is 14.7 Å². The Balaban J connectivity index is 2.50. The predicted octanol–water partition coefficient (Wildman–Crippen LogP) is 1.41. The molecule has 0 saturated carbocycles. The SMILES string of the molecule is NS(=O)(=O)c1cccc(-c2ccc(C=O)o2)c1. The van der Waals surface area contributed by atoms with Crippen LogP contribution in [0.1, 0.15) is 10.6 Å². The number of sulfonamides is 1. The van der Waals surface area contributed by atoms with Crippen molar-refractivity contribution < 1.29 is 17.6 Å². The standard InChI is InChI=1S/C11H9NO4S/c12-17(14,15)10-3-1-2-8(6-10)11-5-4-9(7-13)16-11/h1-7H,(H2,12,14,15). The van der Waals surface area contributed by atoms with Gasteiger partial charge in [0.2, 0.25) is 10.0 Å². The summed E-state index contributed by atoms with van der Waals surface area (Å²) in [4.78, 5) is 10.5. The van der Waals surface area contributed by atoms with Crippen molar-refractivity contribution in [3.8, 4) is 11.3 Å². The Morgan fingerprint density at radius 2 is 1.94 bits per heavy atom. The molecule has 0 spiro atoms. The molecule has 6 heteroatoms. The summed E-state index contributed by atoms with van der Waals surface area (Å²) in [6.07, 6.45) is 0.576. The van der Waals surface area contributed by atoms with Gasteiger partial charge in [-0.1, -0.05) is 12.1 Å². The van der Waals surface area contributed by atoms with E-state index in [-0.39, 0.29) is 10.7 Å². The second-order valence-electron chi connectivity index (χ2n) is 3.39. The summed E-state index contributed by atoms with van der Waals surface area (Å²) >= 11 is 0. The highest BCUT2D eigenvalue weighted by molar-refractivity contribution is 7.89. The van der Waals surface area contributed by atoms with Crippen LogP contribution in [-0.2, 0) is 10.0 Å². The van der Waals surface area contributed by atoms with E-state index in [9.17, 15) is 13.2 Å². The van der Waals surface area contributed by atoms with Crippen molar-refractivity contribution in [1.82, 2.24) is 0 Å². The number of aldehydes is 1. The molecule has 2 N–H and O–H groups in total. The molecule has 2 aromatic rings. The predicted molar refractivity (Wildman–Crippen MR) is 60.9 cm³/mol. The normalized spacial score (nSPS) is 11.4. The molecule has 2 rings (SSSR count). The van der Waals surface area contributed by atoms with Crippen molar-refractivity contribution in [3.63, 3.8) is 0 Å². The molecule has 88 valence electrons. The minimum atomic E-state index is -3.74. The summed E-state index contributed by atoms with van der Waals surface area (Å²) in [5.41, 5.74) is 0.546. The Hall–Kier alpha value is -1.92. The van der Waals surface area contributed by atoms with E-state index in [1.807, 2.05) is 0 Å². The number of carbonyl (C=O) groups is 1. The fourth-order valence-electron chi connectivity index (χ4n) is 1.40. The molecule has 0 bridgehead atoms. The van der Waals surface area contributed by atoms with E-state index in [0.29, 0.717) is 17.6 Å². The average Bonchev–Trinajstić information content (AvgIpc) is 2.76. The summed E-state index contributed by atoms with van der Waals surface area (Å²) in [5, 5.41) is 5.02. The highest BCUT2D eigenvalue weighted by atomic mass is 32.2. The number of benzene rings is 1. The Kier molecular flexibility index (Phi) is 2.83. The minimum Gasteiger partial charge on any atom is -0.453 e. The molecule has 0 radical (unpaired) electrons. The van der Waals surface area contributed by atoms with Gasteiger partial charge in [-0.3, -0.25) is 4.79 Å². The summed E-state index contributed by atoms with van der Waals surface area (Å²) in [6, 6.07) is 9.10. The van der Waals surface area contributed by atoms with Crippen LogP contribution in [0.2, 0.25) is 0 Å². The Morgan fingerprint density at radius 1 is 1.18 bits per heavy atom. The van der Waals surface area contributed by atoms with Gasteiger partial charge in [-0.15, -0.1) is 0 Å². The van der Waals surface area contributed by atoms with Gasteiger partial charge >= 0.3 is 0 Å². The van der Waals surface area contributed by atoms with E-state index in [0.717, 1.165) is 0 Å². The zero-order valence-electron chi connectivity index (χ0n) is 8.66. The highest BCUT2D eigenvalue weighted by Gasteiger charge is 2.10. The smallest absolute Gasteiger partial charge is 0.238 e. The number of rotatable bonds is 3. The summed E-state index contributed by atoms with van der Waals surface area (Å²) < 4.78 is 27.5. The molecule has 1 aromatic heterocycles. The molecule has 0 aliphatic heterocycles. The van der Waals surface area contributed by atoms with Gasteiger partial charge in [0, 0.05) is 5.56 Å². The van der Waals surface area contributed by atoms with E-state index in [1.165, 1.54) is 18.2 Å². The van der Waals surface area contributed by atoms with Crippen molar-refractivity contribution in [2.75, 3.05) is 0 Å². The quantitative estimate of drug-likeness (QED) is 0.835. The highest BCUT2D eigenvalue weighted by Crippen LogP contribution is 2.23. The van der Waals surface area contributed by atoms with Gasteiger partial charge in [-0.05, 0) is 24.3 Å². The Morgan fingerprint density at radius 3 is 2.53 bits per heavy atom. The topological polar surface area (TPSA) is 90.4 Å². The molecule has 1 aromatic carbocycles. The van der Waals surface area contributed by atoms with Gasteiger partial charge in [0.05, 0.1) is 4.90 Å². The maximum atomic E-state index is 11.2. The minimum absolute atomic E-state index is 0.000877. The first kappa shape index (κ1) is 11.6. The third-order valence-corrected chi connectivity index (χ3v) is 3.10. The van der Waals surface area contributed by atoms with Crippen LogP contribution in [0.15, 0.2) is 45.7 Å². The first-order chi connectivity index (χ1) is 8.00. The molecule has 1 heterocycles. The van der Waals surface area contributed by atoms with Crippen LogP contribution in [0.5, 0.6) is 0 Å². The zero-order valence-corrected chi connectivity index (χ0v) is 9.48. The summed E-state index contributed by atoms with van der Waals surface area (Å²) in [5.74, 6) is 0.596. The third-order valence-electron chi connectivity index (χ3n) is 2.19. The van der Waals surface area contributed by atoms with Gasteiger partial charge in [0.25, 0.3) is 0 Å².